The molecule has 0 aliphatic heterocycles. The highest BCUT2D eigenvalue weighted by Crippen LogP contribution is 2.17. The zero-order chi connectivity index (χ0) is 8.84. The van der Waals surface area contributed by atoms with Gasteiger partial charge >= 0.3 is 0 Å². The standard InChI is InChI=1S/C8H7N5/c9-5-1-2-6-7(3-5)13-4-10-12-8(13)11-6/h1-4H,9H2,(H,11,12). The van der Waals surface area contributed by atoms with Gasteiger partial charge in [-0.25, -0.2) is 10.1 Å². The summed E-state index contributed by atoms with van der Waals surface area (Å²) in [7, 11) is 0. The molecule has 5 nitrogen and oxygen atoms in total. The number of nitrogens with two attached hydrogens (primary N) is 1. The molecule has 0 amide bonds. The van der Waals surface area contributed by atoms with E-state index < -0.39 is 0 Å². The summed E-state index contributed by atoms with van der Waals surface area (Å²) < 4.78 is 1.87. The van der Waals surface area contributed by atoms with Crippen molar-refractivity contribution in [3.8, 4) is 0 Å². The minimum atomic E-state index is 0.732. The van der Waals surface area contributed by atoms with Gasteiger partial charge in [0.05, 0.1) is 11.0 Å². The second-order valence-corrected chi connectivity index (χ2v) is 2.91. The van der Waals surface area contributed by atoms with Crippen molar-refractivity contribution in [2.75, 3.05) is 5.73 Å². The first kappa shape index (κ1) is 6.47. The first-order valence-corrected chi connectivity index (χ1v) is 3.91. The number of aromatic nitrogens is 4. The molecule has 0 aliphatic rings. The highest BCUT2D eigenvalue weighted by Gasteiger charge is 2.04. The molecule has 3 N–H and O–H groups in total. The van der Waals surface area contributed by atoms with Gasteiger partial charge in [0.15, 0.2) is 0 Å². The van der Waals surface area contributed by atoms with E-state index in [1.54, 1.807) is 6.33 Å². The van der Waals surface area contributed by atoms with Gasteiger partial charge in [-0.3, -0.25) is 4.40 Å². The predicted octanol–water partition coefficient (Wildman–Crippen LogP) is 0.793. The van der Waals surface area contributed by atoms with E-state index in [4.69, 9.17) is 5.73 Å². The third-order valence-corrected chi connectivity index (χ3v) is 2.05. The van der Waals surface area contributed by atoms with Gasteiger partial charge in [-0.1, -0.05) is 0 Å². The number of H-pyrrole nitrogens is 1. The third-order valence-electron chi connectivity index (χ3n) is 2.05. The molecule has 0 atom stereocenters. The van der Waals surface area contributed by atoms with Crippen LogP contribution in [0.3, 0.4) is 0 Å². The monoisotopic (exact) mass is 173 g/mol. The molecule has 3 aromatic rings. The van der Waals surface area contributed by atoms with Gasteiger partial charge in [-0.2, -0.15) is 5.10 Å². The summed E-state index contributed by atoms with van der Waals surface area (Å²) in [6.07, 6.45) is 1.68. The molecule has 64 valence electrons. The van der Waals surface area contributed by atoms with Crippen molar-refractivity contribution in [2.24, 2.45) is 0 Å². The van der Waals surface area contributed by atoms with Crippen LogP contribution in [0.5, 0.6) is 0 Å². The van der Waals surface area contributed by atoms with E-state index >= 15 is 0 Å². The van der Waals surface area contributed by atoms with Crippen LogP contribution >= 0.6 is 0 Å². The Bertz CT molecular complexity index is 576. The van der Waals surface area contributed by atoms with Gasteiger partial charge in [0.25, 0.3) is 0 Å². The van der Waals surface area contributed by atoms with Crippen molar-refractivity contribution in [1.29, 1.82) is 0 Å². The largest absolute Gasteiger partial charge is 0.399 e. The van der Waals surface area contributed by atoms with Crippen LogP contribution in [0.15, 0.2) is 24.5 Å². The Morgan fingerprint density at radius 1 is 1.38 bits per heavy atom. The second kappa shape index (κ2) is 2.01. The molecule has 2 heterocycles. The SMILES string of the molecule is Nc1ccc2nc3[nH]ncn3c2c1. The molecule has 0 saturated carbocycles. The van der Waals surface area contributed by atoms with Crippen molar-refractivity contribution in [1.82, 2.24) is 19.6 Å². The lowest BCUT2D eigenvalue weighted by Gasteiger charge is -1.91. The first-order valence-electron chi connectivity index (χ1n) is 3.91. The van der Waals surface area contributed by atoms with Crippen molar-refractivity contribution in [3.63, 3.8) is 0 Å². The predicted molar refractivity (Wildman–Crippen MR) is 49.3 cm³/mol. The Hall–Kier alpha value is -2.04. The topological polar surface area (TPSA) is 72.0 Å². The van der Waals surface area contributed by atoms with E-state index in [9.17, 15) is 0 Å². The maximum atomic E-state index is 5.67. The lowest BCUT2D eigenvalue weighted by molar-refractivity contribution is 1.10. The fourth-order valence-corrected chi connectivity index (χ4v) is 1.45. The molecule has 13 heavy (non-hydrogen) atoms. The molecule has 0 bridgehead atoms. The van der Waals surface area contributed by atoms with Gasteiger partial charge in [0, 0.05) is 5.69 Å². The van der Waals surface area contributed by atoms with E-state index in [1.165, 1.54) is 0 Å². The van der Waals surface area contributed by atoms with Crippen molar-refractivity contribution < 1.29 is 0 Å². The summed E-state index contributed by atoms with van der Waals surface area (Å²) in [6.45, 7) is 0. The quantitative estimate of drug-likeness (QED) is 0.494. The molecule has 5 heteroatoms. The molecular formula is C8H7N5. The molecule has 0 aliphatic carbocycles. The highest BCUT2D eigenvalue weighted by atomic mass is 15.3. The number of aromatic amines is 1. The maximum Gasteiger partial charge on any atom is 0.230 e. The molecule has 3 rings (SSSR count). The normalized spacial score (nSPS) is 11.4. The smallest absolute Gasteiger partial charge is 0.230 e. The van der Waals surface area contributed by atoms with Gasteiger partial charge in [0.2, 0.25) is 5.78 Å². The summed E-state index contributed by atoms with van der Waals surface area (Å²) >= 11 is 0. The summed E-state index contributed by atoms with van der Waals surface area (Å²) in [5.41, 5.74) is 8.30. The number of fused-ring (bicyclic) bond motifs is 3. The number of imidazole rings is 1. The second-order valence-electron chi connectivity index (χ2n) is 2.91. The van der Waals surface area contributed by atoms with Crippen LogP contribution < -0.4 is 5.73 Å². The zero-order valence-corrected chi connectivity index (χ0v) is 6.73. The molecule has 0 fully saturated rings. The molecule has 2 aromatic heterocycles. The van der Waals surface area contributed by atoms with Gasteiger partial charge < -0.3 is 5.73 Å². The van der Waals surface area contributed by atoms with Crippen LogP contribution in [0.2, 0.25) is 0 Å². The fraction of sp³-hybridized carbons (Fsp3) is 0. The van der Waals surface area contributed by atoms with Gasteiger partial charge in [-0.15, -0.1) is 0 Å². The third kappa shape index (κ3) is 0.752. The van der Waals surface area contributed by atoms with Crippen molar-refractivity contribution in [3.05, 3.63) is 24.5 Å². The molecule has 0 saturated heterocycles. The van der Waals surface area contributed by atoms with Crippen LogP contribution in [-0.4, -0.2) is 19.6 Å². The number of anilines is 1. The summed E-state index contributed by atoms with van der Waals surface area (Å²) in [6, 6.07) is 5.61. The summed E-state index contributed by atoms with van der Waals surface area (Å²) in [4.78, 5) is 4.31. The van der Waals surface area contributed by atoms with E-state index in [-0.39, 0.29) is 0 Å². The van der Waals surface area contributed by atoms with E-state index in [1.807, 2.05) is 22.6 Å². The Labute approximate surface area is 73.2 Å². The number of nitrogen functional groups attached to an aromatic ring is 1. The highest BCUT2D eigenvalue weighted by molar-refractivity contribution is 5.82. The Morgan fingerprint density at radius 2 is 2.31 bits per heavy atom. The average molecular weight is 173 g/mol. The Morgan fingerprint density at radius 3 is 3.23 bits per heavy atom. The van der Waals surface area contributed by atoms with Crippen LogP contribution in [0.1, 0.15) is 0 Å². The van der Waals surface area contributed by atoms with Gasteiger partial charge in [0.1, 0.15) is 6.33 Å². The summed E-state index contributed by atoms with van der Waals surface area (Å²) in [5.74, 6) is 0.737. The molecule has 0 radical (unpaired) electrons. The molecular weight excluding hydrogens is 166 g/mol. The number of hydrogen-bond acceptors (Lipinski definition) is 3. The van der Waals surface area contributed by atoms with Crippen LogP contribution in [0.25, 0.3) is 16.8 Å². The van der Waals surface area contributed by atoms with Gasteiger partial charge in [-0.05, 0) is 18.2 Å². The van der Waals surface area contributed by atoms with E-state index in [0.717, 1.165) is 22.5 Å². The van der Waals surface area contributed by atoms with Crippen LogP contribution in [-0.2, 0) is 0 Å². The Balaban J connectivity index is 2.61. The fourth-order valence-electron chi connectivity index (χ4n) is 1.45. The molecule has 0 unspecified atom stereocenters. The molecule has 1 aromatic carbocycles. The number of nitrogens with zero attached hydrogens (tertiary/aromatic N) is 3. The zero-order valence-electron chi connectivity index (χ0n) is 6.73. The minimum absolute atomic E-state index is 0.732. The number of benzene rings is 1. The lowest BCUT2D eigenvalue weighted by Crippen LogP contribution is -1.84. The molecule has 0 spiro atoms. The summed E-state index contributed by atoms with van der Waals surface area (Å²) in [5, 5.41) is 6.67. The first-order chi connectivity index (χ1) is 6.34. The van der Waals surface area contributed by atoms with Crippen molar-refractivity contribution in [2.45, 2.75) is 0 Å². The number of hydrogen-bond donors (Lipinski definition) is 2. The Kier molecular flexibility index (Phi) is 0.999. The average Bonchev–Trinajstić information content (AvgIpc) is 2.64. The minimum Gasteiger partial charge on any atom is -0.399 e. The number of rotatable bonds is 0. The van der Waals surface area contributed by atoms with E-state index in [2.05, 4.69) is 15.2 Å². The lowest BCUT2D eigenvalue weighted by atomic mass is 10.3. The number of nitrogens with one attached hydrogen (secondary N) is 1. The van der Waals surface area contributed by atoms with Crippen LogP contribution in [0.4, 0.5) is 5.69 Å². The van der Waals surface area contributed by atoms with Crippen LogP contribution in [0, 0.1) is 0 Å². The van der Waals surface area contributed by atoms with E-state index in [0.29, 0.717) is 0 Å². The maximum absolute atomic E-state index is 5.67. The van der Waals surface area contributed by atoms with Crippen molar-refractivity contribution >= 4 is 22.5 Å².